The third kappa shape index (κ3) is 4.87. The van der Waals surface area contributed by atoms with Crippen LogP contribution in [-0.4, -0.2) is 28.4 Å². The molecule has 2 heterocycles. The zero-order valence-corrected chi connectivity index (χ0v) is 15.4. The van der Waals surface area contributed by atoms with E-state index in [4.69, 9.17) is 27.6 Å². The van der Waals surface area contributed by atoms with Gasteiger partial charge in [0.05, 0.1) is 22.5 Å². The molecule has 0 saturated carbocycles. The van der Waals surface area contributed by atoms with Crippen LogP contribution in [0.25, 0.3) is 0 Å². The molecule has 1 saturated heterocycles. The highest BCUT2D eigenvalue weighted by atomic mass is 35.5. The number of nitrogens with zero attached hydrogens (tertiary/aromatic N) is 2. The van der Waals surface area contributed by atoms with Gasteiger partial charge in [0, 0.05) is 12.1 Å². The van der Waals surface area contributed by atoms with Crippen molar-refractivity contribution in [2.24, 2.45) is 10.2 Å². The average molecular weight is 411 g/mol. The molecule has 0 unspecified atom stereocenters. The van der Waals surface area contributed by atoms with Crippen molar-refractivity contribution in [2.75, 3.05) is 5.32 Å². The molecule has 1 aromatic heterocycles. The van der Waals surface area contributed by atoms with Gasteiger partial charge in [-0.25, -0.2) is 0 Å². The van der Waals surface area contributed by atoms with E-state index in [2.05, 4.69) is 20.8 Å². The lowest BCUT2D eigenvalue weighted by Crippen LogP contribution is -2.41. The van der Waals surface area contributed by atoms with E-state index >= 15 is 0 Å². The quantitative estimate of drug-likeness (QED) is 0.594. The fourth-order valence-corrected chi connectivity index (χ4v) is 3.27. The zero-order valence-electron chi connectivity index (χ0n) is 13.1. The first kappa shape index (κ1) is 18.5. The highest BCUT2D eigenvalue weighted by Crippen LogP contribution is 2.27. The zero-order chi connectivity index (χ0) is 18.5. The number of amides is 2. The summed E-state index contributed by atoms with van der Waals surface area (Å²) in [5.41, 5.74) is 0.491. The molecule has 0 bridgehead atoms. The van der Waals surface area contributed by atoms with Gasteiger partial charge in [-0.1, -0.05) is 35.0 Å². The minimum absolute atomic E-state index is 0.0265. The average Bonchev–Trinajstić information content (AvgIpc) is 3.11. The largest absolute Gasteiger partial charge is 0.463 e. The second-order valence-corrected chi connectivity index (χ2v) is 7.15. The van der Waals surface area contributed by atoms with Gasteiger partial charge in [-0.2, -0.15) is 5.10 Å². The van der Waals surface area contributed by atoms with E-state index in [-0.39, 0.29) is 23.4 Å². The van der Waals surface area contributed by atoms with Crippen molar-refractivity contribution in [1.82, 2.24) is 5.32 Å². The summed E-state index contributed by atoms with van der Waals surface area (Å²) in [4.78, 5) is 24.3. The van der Waals surface area contributed by atoms with E-state index in [0.29, 0.717) is 21.5 Å². The number of anilines is 1. The van der Waals surface area contributed by atoms with Crippen LogP contribution in [0.5, 0.6) is 0 Å². The van der Waals surface area contributed by atoms with E-state index in [1.165, 1.54) is 18.5 Å². The van der Waals surface area contributed by atoms with Gasteiger partial charge in [-0.15, -0.1) is 5.10 Å². The Morgan fingerprint density at radius 1 is 1.35 bits per heavy atom. The van der Waals surface area contributed by atoms with Crippen LogP contribution in [0.3, 0.4) is 0 Å². The Hall–Kier alpha value is -2.29. The molecule has 26 heavy (non-hydrogen) atoms. The van der Waals surface area contributed by atoms with Gasteiger partial charge < -0.3 is 15.1 Å². The van der Waals surface area contributed by atoms with E-state index in [9.17, 15) is 9.59 Å². The SMILES string of the molecule is O=C1C[C@H](C(=O)Nc2ccc(Cl)c(Cl)c2)SC(=N/N=C/c2ccco2)N1. The van der Waals surface area contributed by atoms with Gasteiger partial charge >= 0.3 is 0 Å². The Morgan fingerprint density at radius 3 is 2.92 bits per heavy atom. The molecule has 7 nitrogen and oxygen atoms in total. The van der Waals surface area contributed by atoms with Crippen molar-refractivity contribution in [3.63, 3.8) is 0 Å². The topological polar surface area (TPSA) is 96.1 Å². The third-order valence-corrected chi connectivity index (χ3v) is 5.04. The molecule has 1 atom stereocenters. The number of hydrogen-bond acceptors (Lipinski definition) is 6. The number of halogens is 2. The van der Waals surface area contributed by atoms with E-state index in [1.807, 2.05) is 0 Å². The highest BCUT2D eigenvalue weighted by Gasteiger charge is 2.30. The Kier molecular flexibility index (Phi) is 5.97. The lowest BCUT2D eigenvalue weighted by Gasteiger charge is -2.21. The first-order valence-corrected chi connectivity index (χ1v) is 9.02. The molecule has 2 amide bonds. The molecule has 10 heteroatoms. The molecule has 1 aliphatic rings. The Morgan fingerprint density at radius 2 is 2.19 bits per heavy atom. The minimum Gasteiger partial charge on any atom is -0.463 e. The predicted molar refractivity (Wildman–Crippen MR) is 103 cm³/mol. The van der Waals surface area contributed by atoms with Crippen LogP contribution in [0, 0.1) is 0 Å². The van der Waals surface area contributed by atoms with Crippen molar-refractivity contribution in [3.05, 3.63) is 52.4 Å². The Balaban J connectivity index is 1.66. The van der Waals surface area contributed by atoms with Crippen molar-refractivity contribution < 1.29 is 14.0 Å². The van der Waals surface area contributed by atoms with Gasteiger partial charge in [0.2, 0.25) is 11.8 Å². The van der Waals surface area contributed by atoms with E-state index < -0.39 is 5.25 Å². The minimum atomic E-state index is -0.643. The predicted octanol–water partition coefficient (Wildman–Crippen LogP) is 3.54. The monoisotopic (exact) mass is 410 g/mol. The van der Waals surface area contributed by atoms with Gasteiger partial charge in [-0.05, 0) is 30.3 Å². The van der Waals surface area contributed by atoms with Gasteiger partial charge in [0.25, 0.3) is 0 Å². The number of furan rings is 1. The van der Waals surface area contributed by atoms with Gasteiger partial charge in [-0.3, -0.25) is 9.59 Å². The number of carbonyl (C=O) groups is 2. The highest BCUT2D eigenvalue weighted by molar-refractivity contribution is 8.15. The molecule has 2 aromatic rings. The molecular formula is C16H12Cl2N4O3S. The van der Waals surface area contributed by atoms with Gasteiger partial charge in [0.15, 0.2) is 5.17 Å². The van der Waals surface area contributed by atoms with Crippen molar-refractivity contribution in [2.45, 2.75) is 11.7 Å². The summed E-state index contributed by atoms with van der Waals surface area (Å²) in [5.74, 6) is -0.133. The van der Waals surface area contributed by atoms with Crippen LogP contribution in [0.1, 0.15) is 12.2 Å². The maximum atomic E-state index is 12.4. The molecule has 134 valence electrons. The molecule has 2 N–H and O–H groups in total. The number of amidine groups is 1. The summed E-state index contributed by atoms with van der Waals surface area (Å²) in [6, 6.07) is 8.18. The summed E-state index contributed by atoms with van der Waals surface area (Å²) in [7, 11) is 0. The van der Waals surface area contributed by atoms with Crippen LogP contribution in [0.15, 0.2) is 51.2 Å². The van der Waals surface area contributed by atoms with Crippen molar-refractivity contribution >= 4 is 63.8 Å². The maximum Gasteiger partial charge on any atom is 0.238 e. The van der Waals surface area contributed by atoms with E-state index in [0.717, 1.165) is 11.8 Å². The molecule has 1 aliphatic heterocycles. The second kappa shape index (κ2) is 8.39. The van der Waals surface area contributed by atoms with Crippen LogP contribution in [-0.2, 0) is 9.59 Å². The number of nitrogens with one attached hydrogen (secondary N) is 2. The van der Waals surface area contributed by atoms with Crippen molar-refractivity contribution in [3.8, 4) is 0 Å². The normalized spacial score (nSPS) is 18.9. The van der Waals surface area contributed by atoms with Crippen LogP contribution < -0.4 is 10.6 Å². The lowest BCUT2D eigenvalue weighted by atomic mass is 10.2. The number of thioether (sulfide) groups is 1. The first-order valence-electron chi connectivity index (χ1n) is 7.38. The molecule has 0 spiro atoms. The molecule has 3 rings (SSSR count). The smallest absolute Gasteiger partial charge is 0.238 e. The van der Waals surface area contributed by atoms with E-state index in [1.54, 1.807) is 24.3 Å². The molecule has 1 fully saturated rings. The van der Waals surface area contributed by atoms with Gasteiger partial charge in [0.1, 0.15) is 11.0 Å². The molecule has 1 aromatic carbocycles. The summed E-state index contributed by atoms with van der Waals surface area (Å²) in [6.45, 7) is 0. The molecular weight excluding hydrogens is 399 g/mol. The fraction of sp³-hybridized carbons (Fsp3) is 0.125. The summed E-state index contributed by atoms with van der Waals surface area (Å²) >= 11 is 12.9. The summed E-state index contributed by atoms with van der Waals surface area (Å²) in [6.07, 6.45) is 2.94. The van der Waals surface area contributed by atoms with Crippen LogP contribution in [0.2, 0.25) is 10.0 Å². The number of rotatable bonds is 4. The maximum absolute atomic E-state index is 12.4. The number of benzene rings is 1. The molecule has 0 aliphatic carbocycles. The Labute approximate surface area is 162 Å². The summed E-state index contributed by atoms with van der Waals surface area (Å²) < 4.78 is 5.09. The summed E-state index contributed by atoms with van der Waals surface area (Å²) in [5, 5.41) is 13.3. The van der Waals surface area contributed by atoms with Crippen LogP contribution >= 0.6 is 35.0 Å². The lowest BCUT2D eigenvalue weighted by molar-refractivity contribution is -0.123. The number of carbonyl (C=O) groups excluding carboxylic acids is 2. The fourth-order valence-electron chi connectivity index (χ4n) is 2.04. The number of hydrogen-bond donors (Lipinski definition) is 2. The standard InChI is InChI=1S/C16H12Cl2N4O3S/c17-11-4-3-9(6-12(11)18)20-15(24)13-7-14(23)21-16(26-13)22-19-8-10-2-1-5-25-10/h1-6,8,13H,7H2,(H,20,24)(H,21,22,23)/b19-8+/t13-/m1/s1. The molecule has 0 radical (unpaired) electrons. The second-order valence-electron chi connectivity index (χ2n) is 5.14. The first-order chi connectivity index (χ1) is 12.5. The Bertz CT molecular complexity index is 884. The third-order valence-electron chi connectivity index (χ3n) is 3.23. The van der Waals surface area contributed by atoms with Crippen LogP contribution in [0.4, 0.5) is 5.69 Å². The van der Waals surface area contributed by atoms with Crippen molar-refractivity contribution in [1.29, 1.82) is 0 Å².